The van der Waals surface area contributed by atoms with Gasteiger partial charge in [-0.1, -0.05) is 20.3 Å². The molecule has 1 rings (SSSR count). The van der Waals surface area contributed by atoms with E-state index in [-0.39, 0.29) is 6.04 Å². The predicted molar refractivity (Wildman–Crippen MR) is 83.2 cm³/mol. The quantitative estimate of drug-likeness (QED) is 0.753. The largest absolute Gasteiger partial charge is 0.493 e. The van der Waals surface area contributed by atoms with E-state index in [4.69, 9.17) is 4.74 Å². The highest BCUT2D eigenvalue weighted by atomic mass is 16.5. The van der Waals surface area contributed by atoms with Crippen molar-refractivity contribution in [3.8, 4) is 5.75 Å². The first-order valence-electron chi connectivity index (χ1n) is 7.46. The molecule has 0 spiro atoms. The van der Waals surface area contributed by atoms with E-state index in [1.807, 2.05) is 13.2 Å². The molecule has 0 aliphatic heterocycles. The molecule has 2 unspecified atom stereocenters. The molecule has 0 aliphatic rings. The minimum Gasteiger partial charge on any atom is -0.493 e. The van der Waals surface area contributed by atoms with E-state index in [0.717, 1.165) is 24.5 Å². The fourth-order valence-corrected chi connectivity index (χ4v) is 2.63. The van der Waals surface area contributed by atoms with Gasteiger partial charge in [0, 0.05) is 6.54 Å². The van der Waals surface area contributed by atoms with Crippen LogP contribution in [0, 0.1) is 5.92 Å². The Morgan fingerprint density at radius 1 is 1.45 bits per heavy atom. The second kappa shape index (κ2) is 8.27. The van der Waals surface area contributed by atoms with Crippen LogP contribution in [0.5, 0.6) is 5.75 Å². The van der Waals surface area contributed by atoms with E-state index in [9.17, 15) is 0 Å². The number of hydrogen-bond acceptors (Lipinski definition) is 4. The van der Waals surface area contributed by atoms with Gasteiger partial charge in [0.2, 0.25) is 0 Å². The molecule has 0 saturated heterocycles. The van der Waals surface area contributed by atoms with Crippen molar-refractivity contribution in [3.63, 3.8) is 0 Å². The van der Waals surface area contributed by atoms with Crippen LogP contribution in [-0.4, -0.2) is 49.5 Å². The highest BCUT2D eigenvalue weighted by Gasteiger charge is 2.25. The number of hydrogen-bond donors (Lipinski definition) is 1. The fraction of sp³-hybridized carbons (Fsp3) is 0.800. The van der Waals surface area contributed by atoms with Crippen LogP contribution in [0.25, 0.3) is 0 Å². The summed E-state index contributed by atoms with van der Waals surface area (Å²) in [5, 5.41) is 7.93. The van der Waals surface area contributed by atoms with Crippen molar-refractivity contribution in [3.05, 3.63) is 11.9 Å². The predicted octanol–water partition coefficient (Wildman–Crippen LogP) is 2.15. The van der Waals surface area contributed by atoms with Crippen molar-refractivity contribution in [2.75, 3.05) is 34.8 Å². The maximum absolute atomic E-state index is 5.51. The Morgan fingerprint density at radius 3 is 2.65 bits per heavy atom. The van der Waals surface area contributed by atoms with Gasteiger partial charge in [-0.2, -0.15) is 5.10 Å². The zero-order valence-corrected chi connectivity index (χ0v) is 13.8. The van der Waals surface area contributed by atoms with Gasteiger partial charge in [-0.05, 0) is 33.5 Å². The lowest BCUT2D eigenvalue weighted by Crippen LogP contribution is -2.28. The van der Waals surface area contributed by atoms with Gasteiger partial charge in [-0.15, -0.1) is 0 Å². The lowest BCUT2D eigenvalue weighted by Gasteiger charge is -2.25. The third-order valence-electron chi connectivity index (χ3n) is 3.74. The third kappa shape index (κ3) is 4.21. The first kappa shape index (κ1) is 17.0. The lowest BCUT2D eigenvalue weighted by molar-refractivity contribution is 0.322. The molecule has 1 N–H and O–H groups in total. The summed E-state index contributed by atoms with van der Waals surface area (Å²) in [6.07, 6.45) is 4.20. The standard InChI is InChI=1S/C15H30N4O/c1-7-8-12(2)14(16-3)15-13(20-6)11-17-19(15)10-9-18(4)5/h11-12,14,16H,7-10H2,1-6H3. The van der Waals surface area contributed by atoms with E-state index in [0.29, 0.717) is 5.92 Å². The number of rotatable bonds is 9. The molecule has 2 atom stereocenters. The number of nitrogens with zero attached hydrogens (tertiary/aromatic N) is 3. The average molecular weight is 282 g/mol. The third-order valence-corrected chi connectivity index (χ3v) is 3.74. The molecule has 0 saturated carbocycles. The normalized spacial score (nSPS) is 14.6. The van der Waals surface area contributed by atoms with Gasteiger partial charge >= 0.3 is 0 Å². The Morgan fingerprint density at radius 2 is 2.15 bits per heavy atom. The highest BCUT2D eigenvalue weighted by Crippen LogP contribution is 2.31. The fourth-order valence-electron chi connectivity index (χ4n) is 2.63. The summed E-state index contributed by atoms with van der Waals surface area (Å²) in [6.45, 7) is 6.36. The van der Waals surface area contributed by atoms with E-state index < -0.39 is 0 Å². The maximum atomic E-state index is 5.51. The summed E-state index contributed by atoms with van der Waals surface area (Å²) in [7, 11) is 7.89. The summed E-state index contributed by atoms with van der Waals surface area (Å²) < 4.78 is 7.58. The van der Waals surface area contributed by atoms with Gasteiger partial charge < -0.3 is 15.0 Å². The van der Waals surface area contributed by atoms with Crippen LogP contribution in [-0.2, 0) is 6.54 Å². The molecule has 0 bridgehead atoms. The van der Waals surface area contributed by atoms with Crippen LogP contribution < -0.4 is 10.1 Å². The van der Waals surface area contributed by atoms with E-state index in [1.165, 1.54) is 12.8 Å². The van der Waals surface area contributed by atoms with Crippen molar-refractivity contribution in [1.82, 2.24) is 20.0 Å². The Bertz CT molecular complexity index is 389. The number of aromatic nitrogens is 2. The SMILES string of the molecule is CCCC(C)C(NC)c1c(OC)cnn1CCN(C)C. The smallest absolute Gasteiger partial charge is 0.161 e. The molecule has 20 heavy (non-hydrogen) atoms. The number of nitrogens with one attached hydrogen (secondary N) is 1. The van der Waals surface area contributed by atoms with Gasteiger partial charge in [-0.3, -0.25) is 4.68 Å². The molecular formula is C15H30N4O. The summed E-state index contributed by atoms with van der Waals surface area (Å²) >= 11 is 0. The van der Waals surface area contributed by atoms with E-state index in [2.05, 4.69) is 47.9 Å². The van der Waals surface area contributed by atoms with Crippen molar-refractivity contribution in [2.45, 2.75) is 39.3 Å². The molecule has 1 heterocycles. The van der Waals surface area contributed by atoms with Gasteiger partial charge in [0.25, 0.3) is 0 Å². The van der Waals surface area contributed by atoms with Crippen LogP contribution >= 0.6 is 0 Å². The second-order valence-electron chi connectivity index (χ2n) is 5.66. The van der Waals surface area contributed by atoms with Crippen molar-refractivity contribution in [1.29, 1.82) is 0 Å². The maximum Gasteiger partial charge on any atom is 0.161 e. The minimum absolute atomic E-state index is 0.273. The van der Waals surface area contributed by atoms with Crippen LogP contribution in [0.15, 0.2) is 6.20 Å². The summed E-state index contributed by atoms with van der Waals surface area (Å²) in [5.41, 5.74) is 1.16. The van der Waals surface area contributed by atoms with Crippen LogP contribution in [0.4, 0.5) is 0 Å². The minimum atomic E-state index is 0.273. The Kier molecular flexibility index (Phi) is 7.02. The molecule has 0 aliphatic carbocycles. The molecule has 116 valence electrons. The lowest BCUT2D eigenvalue weighted by atomic mass is 9.94. The Labute approximate surface area is 123 Å². The van der Waals surface area contributed by atoms with Gasteiger partial charge in [-0.25, -0.2) is 0 Å². The van der Waals surface area contributed by atoms with Crippen molar-refractivity contribution >= 4 is 0 Å². The second-order valence-corrected chi connectivity index (χ2v) is 5.66. The van der Waals surface area contributed by atoms with Crippen LogP contribution in [0.3, 0.4) is 0 Å². The van der Waals surface area contributed by atoms with E-state index >= 15 is 0 Å². The topological polar surface area (TPSA) is 42.3 Å². The zero-order chi connectivity index (χ0) is 15.1. The molecule has 0 aromatic carbocycles. The molecule has 0 fully saturated rings. The Hall–Kier alpha value is -1.07. The summed E-state index contributed by atoms with van der Waals surface area (Å²) in [5.74, 6) is 1.43. The molecule has 0 amide bonds. The van der Waals surface area contributed by atoms with Crippen LogP contribution in [0.2, 0.25) is 0 Å². The zero-order valence-electron chi connectivity index (χ0n) is 13.8. The Balaban J connectivity index is 3.01. The van der Waals surface area contributed by atoms with Crippen LogP contribution in [0.1, 0.15) is 38.4 Å². The highest BCUT2D eigenvalue weighted by molar-refractivity contribution is 5.29. The van der Waals surface area contributed by atoms with Gasteiger partial charge in [0.1, 0.15) is 0 Å². The molecular weight excluding hydrogens is 252 g/mol. The number of likely N-dealkylation sites (N-methyl/N-ethyl adjacent to an activating group) is 1. The summed E-state index contributed by atoms with van der Waals surface area (Å²) in [6, 6.07) is 0.273. The molecule has 5 heteroatoms. The molecule has 5 nitrogen and oxygen atoms in total. The van der Waals surface area contributed by atoms with Crippen molar-refractivity contribution in [2.24, 2.45) is 5.92 Å². The monoisotopic (exact) mass is 282 g/mol. The van der Waals surface area contributed by atoms with Gasteiger partial charge in [0.05, 0.1) is 31.6 Å². The summed E-state index contributed by atoms with van der Waals surface area (Å²) in [4.78, 5) is 2.17. The van der Waals surface area contributed by atoms with Gasteiger partial charge in [0.15, 0.2) is 5.75 Å². The van der Waals surface area contributed by atoms with Crippen molar-refractivity contribution < 1.29 is 4.74 Å². The number of methoxy groups -OCH3 is 1. The average Bonchev–Trinajstić information content (AvgIpc) is 2.80. The van der Waals surface area contributed by atoms with E-state index in [1.54, 1.807) is 7.11 Å². The number of ether oxygens (including phenoxy) is 1. The molecule has 1 aromatic heterocycles. The first-order valence-corrected chi connectivity index (χ1v) is 7.46. The molecule has 1 aromatic rings. The first-order chi connectivity index (χ1) is 9.54. The molecule has 0 radical (unpaired) electrons.